The molecule has 4 nitrogen and oxygen atoms in total. The van der Waals surface area contributed by atoms with E-state index in [2.05, 4.69) is 25.0 Å². The molecule has 5 rings (SSSR count). The van der Waals surface area contributed by atoms with Gasteiger partial charge in [-0.25, -0.2) is 0 Å². The molecule has 4 aliphatic carbocycles. The van der Waals surface area contributed by atoms with E-state index in [0.717, 1.165) is 30.1 Å². The normalized spacial score (nSPS) is 43.7. The van der Waals surface area contributed by atoms with Crippen molar-refractivity contribution in [3.05, 3.63) is 18.0 Å². The molecule has 29 heavy (non-hydrogen) atoms. The Bertz CT molecular complexity index is 837. The number of Topliss-reactive ketones (excluding diaryl/α,β-unsaturated/α-hetero) is 1. The fourth-order valence-corrected chi connectivity index (χ4v) is 8.60. The van der Waals surface area contributed by atoms with Gasteiger partial charge < -0.3 is 0 Å². The number of nitriles is 1. The Balaban J connectivity index is 1.34. The Morgan fingerprint density at radius 3 is 2.72 bits per heavy atom. The molecule has 1 aromatic rings. The van der Waals surface area contributed by atoms with Crippen molar-refractivity contribution in [3.8, 4) is 6.07 Å². The van der Waals surface area contributed by atoms with Crippen molar-refractivity contribution in [2.24, 2.45) is 40.4 Å². The van der Waals surface area contributed by atoms with E-state index in [9.17, 15) is 4.79 Å². The molecule has 0 N–H and O–H groups in total. The van der Waals surface area contributed by atoms with E-state index in [4.69, 9.17) is 5.26 Å². The van der Waals surface area contributed by atoms with Gasteiger partial charge in [0.15, 0.2) is 5.78 Å². The van der Waals surface area contributed by atoms with Crippen LogP contribution in [0.4, 0.5) is 0 Å². The van der Waals surface area contributed by atoms with Crippen LogP contribution in [0, 0.1) is 51.8 Å². The van der Waals surface area contributed by atoms with Gasteiger partial charge in [0.25, 0.3) is 0 Å². The van der Waals surface area contributed by atoms with Crippen molar-refractivity contribution < 1.29 is 4.79 Å². The first-order chi connectivity index (χ1) is 14.0. The maximum atomic E-state index is 13.3. The van der Waals surface area contributed by atoms with E-state index in [-0.39, 0.29) is 11.3 Å². The molecular weight excluding hydrogens is 358 g/mol. The van der Waals surface area contributed by atoms with Crippen molar-refractivity contribution in [2.45, 2.75) is 84.6 Å². The highest BCUT2D eigenvalue weighted by Crippen LogP contribution is 2.67. The summed E-state index contributed by atoms with van der Waals surface area (Å²) in [6.45, 7) is 5.38. The molecule has 7 unspecified atom stereocenters. The zero-order chi connectivity index (χ0) is 20.2. The molecule has 4 heteroatoms. The van der Waals surface area contributed by atoms with Gasteiger partial charge in [-0.2, -0.15) is 10.4 Å². The second-order valence-corrected chi connectivity index (χ2v) is 11.1. The molecule has 4 fully saturated rings. The predicted molar refractivity (Wildman–Crippen MR) is 112 cm³/mol. The Kier molecular flexibility index (Phi) is 4.64. The van der Waals surface area contributed by atoms with E-state index >= 15 is 0 Å². The summed E-state index contributed by atoms with van der Waals surface area (Å²) in [6.07, 6.45) is 16.7. The van der Waals surface area contributed by atoms with Crippen molar-refractivity contribution in [2.75, 3.05) is 0 Å². The van der Waals surface area contributed by atoms with Crippen LogP contribution in [0.25, 0.3) is 0 Å². The fraction of sp³-hybridized carbons (Fsp3) is 0.800. The van der Waals surface area contributed by atoms with Crippen LogP contribution in [-0.4, -0.2) is 15.6 Å². The number of ketones is 1. The standard InChI is InChI=1S/C25H35N3O/c1-24-11-4-3-5-18(24)6-7-19-20-8-9-22(25(20,2)12-10-21(19)24)23(29)16-28-15-17(13-26)14-27-28/h14-15,18-22H,3-12,16H2,1-2H3. The number of hydrogen-bond acceptors (Lipinski definition) is 3. The fourth-order valence-electron chi connectivity index (χ4n) is 8.60. The van der Waals surface area contributed by atoms with Crippen LogP contribution in [0.5, 0.6) is 0 Å². The van der Waals surface area contributed by atoms with E-state index in [0.29, 0.717) is 23.3 Å². The minimum Gasteiger partial charge on any atom is -0.297 e. The van der Waals surface area contributed by atoms with E-state index in [1.165, 1.54) is 57.8 Å². The summed E-state index contributed by atoms with van der Waals surface area (Å²) in [7, 11) is 0. The number of rotatable bonds is 3. The molecule has 0 bridgehead atoms. The average molecular weight is 394 g/mol. The predicted octanol–water partition coefficient (Wildman–Crippen LogP) is 5.37. The summed E-state index contributed by atoms with van der Waals surface area (Å²) in [5.74, 6) is 3.90. The Labute approximate surface area is 175 Å². The first-order valence-corrected chi connectivity index (χ1v) is 11.9. The van der Waals surface area contributed by atoms with Gasteiger partial charge in [0, 0.05) is 12.1 Å². The van der Waals surface area contributed by atoms with Gasteiger partial charge in [0.2, 0.25) is 0 Å². The van der Waals surface area contributed by atoms with E-state index in [1.807, 2.05) is 0 Å². The average Bonchev–Trinajstić information content (AvgIpc) is 3.30. The van der Waals surface area contributed by atoms with Crippen LogP contribution in [-0.2, 0) is 11.3 Å². The van der Waals surface area contributed by atoms with Gasteiger partial charge in [-0.15, -0.1) is 0 Å². The quantitative estimate of drug-likeness (QED) is 0.693. The third-order valence-electron chi connectivity index (χ3n) is 10.1. The minimum atomic E-state index is 0.167. The highest BCUT2D eigenvalue weighted by Gasteiger charge is 2.60. The van der Waals surface area contributed by atoms with Crippen LogP contribution in [0.15, 0.2) is 12.4 Å². The lowest BCUT2D eigenvalue weighted by molar-refractivity contribution is -0.135. The number of fused-ring (bicyclic) bond motifs is 5. The second kappa shape index (κ2) is 6.96. The monoisotopic (exact) mass is 393 g/mol. The lowest BCUT2D eigenvalue weighted by atomic mass is 9.45. The van der Waals surface area contributed by atoms with Crippen LogP contribution < -0.4 is 0 Å². The Hall–Kier alpha value is -1.63. The minimum absolute atomic E-state index is 0.167. The maximum Gasteiger partial charge on any atom is 0.157 e. The molecule has 0 saturated heterocycles. The van der Waals surface area contributed by atoms with E-state index < -0.39 is 0 Å². The van der Waals surface area contributed by atoms with Crippen LogP contribution >= 0.6 is 0 Å². The molecule has 4 aliphatic rings. The summed E-state index contributed by atoms with van der Waals surface area (Å²) >= 11 is 0. The summed E-state index contributed by atoms with van der Waals surface area (Å²) in [5, 5.41) is 13.2. The number of carbonyl (C=O) groups is 1. The first kappa shape index (κ1) is 19.3. The smallest absolute Gasteiger partial charge is 0.157 e. The molecule has 0 radical (unpaired) electrons. The zero-order valence-electron chi connectivity index (χ0n) is 18.1. The number of carbonyl (C=O) groups excluding carboxylic acids is 1. The van der Waals surface area contributed by atoms with Gasteiger partial charge in [0.05, 0.1) is 18.3 Å². The lowest BCUT2D eigenvalue weighted by Crippen LogP contribution is -2.53. The summed E-state index contributed by atoms with van der Waals surface area (Å²) in [5.41, 5.74) is 1.26. The van der Waals surface area contributed by atoms with Gasteiger partial charge >= 0.3 is 0 Å². The van der Waals surface area contributed by atoms with Crippen LogP contribution in [0.2, 0.25) is 0 Å². The van der Waals surface area contributed by atoms with Gasteiger partial charge in [0.1, 0.15) is 6.07 Å². The number of nitrogens with zero attached hydrogens (tertiary/aromatic N) is 3. The highest BCUT2D eigenvalue weighted by molar-refractivity contribution is 5.82. The Morgan fingerprint density at radius 2 is 1.93 bits per heavy atom. The molecular formula is C25H35N3O. The molecule has 4 saturated carbocycles. The van der Waals surface area contributed by atoms with Crippen LogP contribution in [0.3, 0.4) is 0 Å². The van der Waals surface area contributed by atoms with Gasteiger partial charge in [-0.05, 0) is 85.9 Å². The molecule has 0 aromatic carbocycles. The van der Waals surface area contributed by atoms with Crippen LogP contribution in [0.1, 0.15) is 83.6 Å². The van der Waals surface area contributed by atoms with Crippen molar-refractivity contribution >= 4 is 5.78 Å². The first-order valence-electron chi connectivity index (χ1n) is 11.9. The molecule has 0 amide bonds. The largest absolute Gasteiger partial charge is 0.297 e. The molecule has 0 spiro atoms. The molecule has 1 heterocycles. The summed E-state index contributed by atoms with van der Waals surface area (Å²) < 4.78 is 1.66. The van der Waals surface area contributed by atoms with Crippen molar-refractivity contribution in [3.63, 3.8) is 0 Å². The summed E-state index contributed by atoms with van der Waals surface area (Å²) in [6, 6.07) is 2.11. The Morgan fingerprint density at radius 1 is 1.10 bits per heavy atom. The lowest BCUT2D eigenvalue weighted by Gasteiger charge is -2.60. The third-order valence-corrected chi connectivity index (χ3v) is 10.1. The summed E-state index contributed by atoms with van der Waals surface area (Å²) in [4.78, 5) is 13.3. The molecule has 7 atom stereocenters. The van der Waals surface area contributed by atoms with Gasteiger partial charge in [-0.3, -0.25) is 9.48 Å². The second-order valence-electron chi connectivity index (χ2n) is 11.1. The molecule has 156 valence electrons. The topological polar surface area (TPSA) is 58.7 Å². The SMILES string of the molecule is CC12CCCCC1CCC1C2CCC2(C)C(C(=O)Cn3cc(C#N)cn3)CCC12. The van der Waals surface area contributed by atoms with Crippen molar-refractivity contribution in [1.29, 1.82) is 5.26 Å². The zero-order valence-corrected chi connectivity index (χ0v) is 18.1. The molecule has 1 aromatic heterocycles. The number of hydrogen-bond donors (Lipinski definition) is 0. The third kappa shape index (κ3) is 2.91. The highest BCUT2D eigenvalue weighted by atomic mass is 16.1. The van der Waals surface area contributed by atoms with Gasteiger partial charge in [-0.1, -0.05) is 26.7 Å². The maximum absolute atomic E-state index is 13.3. The van der Waals surface area contributed by atoms with E-state index in [1.54, 1.807) is 17.1 Å². The van der Waals surface area contributed by atoms with Crippen molar-refractivity contribution in [1.82, 2.24) is 9.78 Å². The number of aromatic nitrogens is 2. The molecule has 0 aliphatic heterocycles.